The monoisotopic (exact) mass is 468 g/mol. The minimum Gasteiger partial charge on any atom is -0.339 e. The zero-order valence-corrected chi connectivity index (χ0v) is 20.2. The first-order valence-corrected chi connectivity index (χ1v) is 12.9. The molecule has 2 amide bonds. The Hall–Kier alpha value is -2.39. The highest BCUT2D eigenvalue weighted by Crippen LogP contribution is 2.46. The van der Waals surface area contributed by atoms with E-state index in [2.05, 4.69) is 25.0 Å². The minimum atomic E-state index is -0.00592. The summed E-state index contributed by atoms with van der Waals surface area (Å²) in [5.74, 6) is 2.22. The minimum absolute atomic E-state index is 0.00592. The maximum atomic E-state index is 12.8. The van der Waals surface area contributed by atoms with Gasteiger partial charge in [0.2, 0.25) is 11.8 Å². The first-order valence-electron chi connectivity index (χ1n) is 11.9. The molecule has 1 N–H and O–H groups in total. The molecule has 5 rings (SSSR count). The number of anilines is 1. The molecule has 1 aromatic carbocycles. The number of carbonyl (C=O) groups excluding carboxylic acids is 2. The summed E-state index contributed by atoms with van der Waals surface area (Å²) in [5, 5.41) is 12.8. The van der Waals surface area contributed by atoms with E-state index in [-0.39, 0.29) is 11.8 Å². The summed E-state index contributed by atoms with van der Waals surface area (Å²) in [4.78, 5) is 29.4. The Labute approximate surface area is 199 Å². The lowest BCUT2D eigenvalue weighted by molar-refractivity contribution is -0.130. The molecule has 2 aliphatic carbocycles. The standard InChI is InChI=1S/C24H32N6O2S/c1-16-4-3-5-17(2)22(16)25-20(31)14-28-10-12-29(13-11-28)21(32)15-33-24-27-26-23(18-6-7-18)30(24)19-8-9-19/h3-5,18-19H,6-15H2,1-2H3,(H,25,31). The molecule has 9 heteroatoms. The lowest BCUT2D eigenvalue weighted by atomic mass is 10.1. The number of carbonyl (C=O) groups is 2. The third-order valence-corrected chi connectivity index (χ3v) is 7.64. The van der Waals surface area contributed by atoms with E-state index in [0.29, 0.717) is 50.4 Å². The van der Waals surface area contributed by atoms with Gasteiger partial charge < -0.3 is 14.8 Å². The van der Waals surface area contributed by atoms with Crippen LogP contribution in [0.5, 0.6) is 0 Å². The normalized spacial score (nSPS) is 19.0. The number of amides is 2. The van der Waals surface area contributed by atoms with Crippen LogP contribution in [0, 0.1) is 13.8 Å². The van der Waals surface area contributed by atoms with Gasteiger partial charge in [-0.1, -0.05) is 30.0 Å². The van der Waals surface area contributed by atoms with Crippen molar-refractivity contribution in [3.8, 4) is 0 Å². The zero-order chi connectivity index (χ0) is 22.9. The summed E-state index contributed by atoms with van der Waals surface area (Å²) in [6.45, 7) is 7.08. The largest absolute Gasteiger partial charge is 0.339 e. The van der Waals surface area contributed by atoms with Crippen LogP contribution < -0.4 is 5.32 Å². The second-order valence-corrected chi connectivity index (χ2v) is 10.4. The molecule has 0 radical (unpaired) electrons. The number of aromatic nitrogens is 3. The quantitative estimate of drug-likeness (QED) is 0.600. The Morgan fingerprint density at radius 2 is 1.73 bits per heavy atom. The first-order chi connectivity index (χ1) is 16.0. The van der Waals surface area contributed by atoms with E-state index in [0.717, 1.165) is 27.8 Å². The van der Waals surface area contributed by atoms with E-state index in [1.807, 2.05) is 36.9 Å². The number of hydrogen-bond donors (Lipinski definition) is 1. The molecular weight excluding hydrogens is 436 g/mol. The SMILES string of the molecule is Cc1cccc(C)c1NC(=O)CN1CCN(C(=O)CSc2nnc(C3CC3)n2C2CC2)CC1. The van der Waals surface area contributed by atoms with Crippen LogP contribution in [0.2, 0.25) is 0 Å². The third kappa shape index (κ3) is 5.24. The fraction of sp³-hybridized carbons (Fsp3) is 0.583. The van der Waals surface area contributed by atoms with Gasteiger partial charge in [-0.05, 0) is 50.7 Å². The number of nitrogens with zero attached hydrogens (tertiary/aromatic N) is 5. The smallest absolute Gasteiger partial charge is 0.238 e. The van der Waals surface area contributed by atoms with Crippen molar-refractivity contribution in [3.05, 3.63) is 35.2 Å². The van der Waals surface area contributed by atoms with E-state index in [1.54, 1.807) is 0 Å². The number of hydrogen-bond acceptors (Lipinski definition) is 6. The van der Waals surface area contributed by atoms with Crippen LogP contribution in [-0.4, -0.2) is 74.9 Å². The predicted octanol–water partition coefficient (Wildman–Crippen LogP) is 2.98. The van der Waals surface area contributed by atoms with Gasteiger partial charge >= 0.3 is 0 Å². The number of benzene rings is 1. The summed E-state index contributed by atoms with van der Waals surface area (Å²) in [5.41, 5.74) is 3.04. The van der Waals surface area contributed by atoms with E-state index < -0.39 is 0 Å². The van der Waals surface area contributed by atoms with Gasteiger partial charge in [-0.3, -0.25) is 14.5 Å². The lowest BCUT2D eigenvalue weighted by Gasteiger charge is -2.34. The van der Waals surface area contributed by atoms with Crippen LogP contribution in [0.4, 0.5) is 5.69 Å². The zero-order valence-electron chi connectivity index (χ0n) is 19.4. The van der Waals surface area contributed by atoms with Crippen LogP contribution in [-0.2, 0) is 9.59 Å². The second-order valence-electron chi connectivity index (χ2n) is 9.48. The Morgan fingerprint density at radius 1 is 1.03 bits per heavy atom. The highest BCUT2D eigenvalue weighted by molar-refractivity contribution is 7.99. The molecule has 0 spiro atoms. The van der Waals surface area contributed by atoms with Gasteiger partial charge in [0.15, 0.2) is 5.16 Å². The Bertz CT molecular complexity index is 1020. The van der Waals surface area contributed by atoms with Crippen molar-refractivity contribution in [2.75, 3.05) is 43.8 Å². The maximum absolute atomic E-state index is 12.8. The second kappa shape index (κ2) is 9.46. The molecule has 0 atom stereocenters. The van der Waals surface area contributed by atoms with Crippen LogP contribution in [0.3, 0.4) is 0 Å². The van der Waals surface area contributed by atoms with E-state index in [9.17, 15) is 9.59 Å². The van der Waals surface area contributed by atoms with Gasteiger partial charge in [0.1, 0.15) is 5.82 Å². The average molecular weight is 469 g/mol. The molecule has 1 aromatic heterocycles. The highest BCUT2D eigenvalue weighted by Gasteiger charge is 2.36. The molecule has 8 nitrogen and oxygen atoms in total. The van der Waals surface area contributed by atoms with Crippen molar-refractivity contribution >= 4 is 29.3 Å². The summed E-state index contributed by atoms with van der Waals surface area (Å²) in [6, 6.07) is 6.54. The van der Waals surface area contributed by atoms with E-state index in [4.69, 9.17) is 0 Å². The molecule has 2 saturated carbocycles. The fourth-order valence-corrected chi connectivity index (χ4v) is 5.36. The molecule has 1 aliphatic heterocycles. The number of para-hydroxylation sites is 1. The Kier molecular flexibility index (Phi) is 6.42. The number of rotatable bonds is 8. The molecule has 176 valence electrons. The van der Waals surface area contributed by atoms with Crippen molar-refractivity contribution in [2.24, 2.45) is 0 Å². The van der Waals surface area contributed by atoms with Crippen molar-refractivity contribution in [1.82, 2.24) is 24.6 Å². The van der Waals surface area contributed by atoms with Gasteiger partial charge in [-0.25, -0.2) is 0 Å². The number of aryl methyl sites for hydroxylation is 2. The number of thioether (sulfide) groups is 1. The molecular formula is C24H32N6O2S. The fourth-order valence-electron chi connectivity index (χ4n) is 4.45. The highest BCUT2D eigenvalue weighted by atomic mass is 32.2. The molecule has 2 aromatic rings. The predicted molar refractivity (Wildman–Crippen MR) is 129 cm³/mol. The van der Waals surface area contributed by atoms with E-state index >= 15 is 0 Å². The maximum Gasteiger partial charge on any atom is 0.238 e. The van der Waals surface area contributed by atoms with Crippen LogP contribution in [0.1, 0.15) is 54.6 Å². The van der Waals surface area contributed by atoms with Gasteiger partial charge in [-0.2, -0.15) is 0 Å². The number of piperazine rings is 1. The molecule has 1 saturated heterocycles. The summed E-state index contributed by atoms with van der Waals surface area (Å²) >= 11 is 1.52. The Balaban J connectivity index is 1.08. The van der Waals surface area contributed by atoms with Crippen molar-refractivity contribution in [1.29, 1.82) is 0 Å². The van der Waals surface area contributed by atoms with Crippen LogP contribution in [0.25, 0.3) is 0 Å². The topological polar surface area (TPSA) is 83.4 Å². The number of nitrogens with one attached hydrogen (secondary N) is 1. The summed E-state index contributed by atoms with van der Waals surface area (Å²) in [6.07, 6.45) is 4.80. The first kappa shape index (κ1) is 22.4. The average Bonchev–Trinajstić information content (AvgIpc) is 3.74. The van der Waals surface area contributed by atoms with Gasteiger partial charge in [0, 0.05) is 43.8 Å². The van der Waals surface area contributed by atoms with Gasteiger partial charge in [0.25, 0.3) is 0 Å². The molecule has 0 unspecified atom stereocenters. The van der Waals surface area contributed by atoms with Gasteiger partial charge in [0.05, 0.1) is 12.3 Å². The van der Waals surface area contributed by atoms with Crippen LogP contribution in [0.15, 0.2) is 23.4 Å². The molecule has 2 heterocycles. The molecule has 3 aliphatic rings. The van der Waals surface area contributed by atoms with Crippen LogP contribution >= 0.6 is 11.8 Å². The van der Waals surface area contributed by atoms with Crippen molar-refractivity contribution in [3.63, 3.8) is 0 Å². The molecule has 33 heavy (non-hydrogen) atoms. The molecule has 3 fully saturated rings. The van der Waals surface area contributed by atoms with Crippen molar-refractivity contribution in [2.45, 2.75) is 56.6 Å². The lowest BCUT2D eigenvalue weighted by Crippen LogP contribution is -2.51. The van der Waals surface area contributed by atoms with Gasteiger partial charge in [-0.15, -0.1) is 10.2 Å². The van der Waals surface area contributed by atoms with E-state index in [1.165, 1.54) is 37.4 Å². The van der Waals surface area contributed by atoms with Crippen molar-refractivity contribution < 1.29 is 9.59 Å². The molecule has 0 bridgehead atoms. The summed E-state index contributed by atoms with van der Waals surface area (Å²) < 4.78 is 2.29. The Morgan fingerprint density at radius 3 is 2.36 bits per heavy atom. The summed E-state index contributed by atoms with van der Waals surface area (Å²) in [7, 11) is 0. The third-order valence-electron chi connectivity index (χ3n) is 6.71.